The van der Waals surface area contributed by atoms with E-state index < -0.39 is 0 Å². The van der Waals surface area contributed by atoms with E-state index in [2.05, 4.69) is 40.2 Å². The van der Waals surface area contributed by atoms with E-state index in [0.29, 0.717) is 5.41 Å². The number of hydrogen-bond acceptors (Lipinski definition) is 1. The van der Waals surface area contributed by atoms with Crippen LogP contribution in [-0.2, 0) is 10.2 Å². The number of rotatable bonds is 3. The summed E-state index contributed by atoms with van der Waals surface area (Å²) in [6.07, 6.45) is 6.48. The fourth-order valence-corrected chi connectivity index (χ4v) is 4.53. The van der Waals surface area contributed by atoms with Crippen LogP contribution in [-0.4, -0.2) is 11.7 Å². The number of benzene rings is 1. The highest BCUT2D eigenvalue weighted by molar-refractivity contribution is 9.10. The lowest BCUT2D eigenvalue weighted by Gasteiger charge is -2.53. The van der Waals surface area contributed by atoms with Gasteiger partial charge >= 0.3 is 0 Å². The molecule has 0 aromatic heterocycles. The van der Waals surface area contributed by atoms with Gasteiger partial charge in [-0.3, -0.25) is 4.79 Å². The molecule has 3 heteroatoms. The quantitative estimate of drug-likeness (QED) is 0.718. The Labute approximate surface area is 127 Å². The fraction of sp³-hybridized carbons (Fsp3) is 0.562. The van der Waals surface area contributed by atoms with Gasteiger partial charge in [-0.1, -0.05) is 28.1 Å². The summed E-state index contributed by atoms with van der Waals surface area (Å²) in [5.74, 6) is 0.462. The van der Waals surface area contributed by atoms with Crippen molar-refractivity contribution in [2.45, 2.75) is 43.9 Å². The van der Waals surface area contributed by atoms with Crippen molar-refractivity contribution in [3.63, 3.8) is 0 Å². The first kappa shape index (κ1) is 13.6. The standard InChI is InChI=1S/C16H18BrClO/c17-13-3-1-12(2-4-13)15-5-8-16(9-6-15,10-7-15)14(19)11-18/h1-4H,5-11H2. The fourth-order valence-electron chi connectivity index (χ4n) is 3.98. The van der Waals surface area contributed by atoms with Crippen LogP contribution < -0.4 is 0 Å². The predicted octanol–water partition coefficient (Wildman–Crippen LogP) is 4.85. The van der Waals surface area contributed by atoms with Gasteiger partial charge in [-0.2, -0.15) is 0 Å². The van der Waals surface area contributed by atoms with Gasteiger partial charge in [-0.05, 0) is 61.6 Å². The summed E-state index contributed by atoms with van der Waals surface area (Å²) < 4.78 is 1.13. The molecule has 0 atom stereocenters. The molecule has 2 bridgehead atoms. The van der Waals surface area contributed by atoms with Crippen molar-refractivity contribution in [3.05, 3.63) is 34.3 Å². The Morgan fingerprint density at radius 1 is 1.05 bits per heavy atom. The largest absolute Gasteiger partial charge is 0.298 e. The van der Waals surface area contributed by atoms with Crippen LogP contribution in [0.1, 0.15) is 44.1 Å². The SMILES string of the molecule is O=C(CCl)C12CCC(c3ccc(Br)cc3)(CC1)CC2. The minimum atomic E-state index is -0.0845. The summed E-state index contributed by atoms with van der Waals surface area (Å²) >= 11 is 9.28. The molecule has 102 valence electrons. The summed E-state index contributed by atoms with van der Waals surface area (Å²) in [4.78, 5) is 12.1. The number of fused-ring (bicyclic) bond motifs is 3. The first-order chi connectivity index (χ1) is 9.10. The Bertz CT molecular complexity index is 469. The van der Waals surface area contributed by atoms with Crippen LogP contribution in [0.5, 0.6) is 0 Å². The third kappa shape index (κ3) is 2.17. The topological polar surface area (TPSA) is 17.1 Å². The summed E-state index contributed by atoms with van der Waals surface area (Å²) in [6, 6.07) is 8.74. The first-order valence-corrected chi connectivity index (χ1v) is 8.28. The van der Waals surface area contributed by atoms with Crippen molar-refractivity contribution in [1.82, 2.24) is 0 Å². The minimum absolute atomic E-state index is 0.0845. The van der Waals surface area contributed by atoms with E-state index >= 15 is 0 Å². The maximum atomic E-state index is 12.1. The lowest BCUT2D eigenvalue weighted by atomic mass is 9.51. The monoisotopic (exact) mass is 340 g/mol. The summed E-state index contributed by atoms with van der Waals surface area (Å²) in [5.41, 5.74) is 1.68. The van der Waals surface area contributed by atoms with E-state index in [1.807, 2.05) is 0 Å². The molecule has 0 unspecified atom stereocenters. The Hall–Kier alpha value is -0.340. The van der Waals surface area contributed by atoms with E-state index in [0.717, 1.165) is 43.0 Å². The van der Waals surface area contributed by atoms with Gasteiger partial charge in [0.15, 0.2) is 5.78 Å². The van der Waals surface area contributed by atoms with E-state index in [1.54, 1.807) is 0 Å². The van der Waals surface area contributed by atoms with Crippen LogP contribution in [0.25, 0.3) is 0 Å². The second-order valence-corrected chi connectivity index (χ2v) is 7.31. The molecule has 1 aromatic carbocycles. The molecular weight excluding hydrogens is 324 g/mol. The molecule has 0 amide bonds. The van der Waals surface area contributed by atoms with Crippen LogP contribution >= 0.6 is 27.5 Å². The molecule has 3 aliphatic carbocycles. The van der Waals surface area contributed by atoms with E-state index in [-0.39, 0.29) is 17.1 Å². The van der Waals surface area contributed by atoms with Crippen LogP contribution in [0.2, 0.25) is 0 Å². The highest BCUT2D eigenvalue weighted by atomic mass is 79.9. The second kappa shape index (κ2) is 4.89. The third-order valence-electron chi connectivity index (χ3n) is 5.42. The van der Waals surface area contributed by atoms with Crippen molar-refractivity contribution in [1.29, 1.82) is 0 Å². The maximum absolute atomic E-state index is 12.1. The third-order valence-corrected chi connectivity index (χ3v) is 6.19. The zero-order valence-corrected chi connectivity index (χ0v) is 13.3. The number of carbonyl (C=O) groups is 1. The smallest absolute Gasteiger partial charge is 0.153 e. The Morgan fingerprint density at radius 2 is 1.58 bits per heavy atom. The van der Waals surface area contributed by atoms with Crippen molar-refractivity contribution < 1.29 is 4.79 Å². The number of alkyl halides is 1. The average molecular weight is 342 g/mol. The zero-order chi connectivity index (χ0) is 13.5. The highest BCUT2D eigenvalue weighted by Gasteiger charge is 2.52. The molecule has 3 fully saturated rings. The maximum Gasteiger partial charge on any atom is 0.153 e. The first-order valence-electron chi connectivity index (χ1n) is 6.96. The van der Waals surface area contributed by atoms with Crippen LogP contribution in [0, 0.1) is 5.41 Å². The number of hydrogen-bond donors (Lipinski definition) is 0. The molecule has 0 radical (unpaired) electrons. The van der Waals surface area contributed by atoms with E-state index in [1.165, 1.54) is 5.56 Å². The molecular formula is C16H18BrClO. The van der Waals surface area contributed by atoms with Gasteiger partial charge in [0, 0.05) is 9.89 Å². The number of Topliss-reactive ketones (excluding diaryl/α,β-unsaturated/α-hetero) is 1. The number of carbonyl (C=O) groups excluding carboxylic acids is 1. The molecule has 0 aliphatic heterocycles. The molecule has 0 N–H and O–H groups in total. The summed E-state index contributed by atoms with van der Waals surface area (Å²) in [7, 11) is 0. The van der Waals surface area contributed by atoms with Crippen molar-refractivity contribution in [3.8, 4) is 0 Å². The molecule has 3 aliphatic rings. The summed E-state index contributed by atoms with van der Waals surface area (Å²) in [6.45, 7) is 0. The zero-order valence-electron chi connectivity index (χ0n) is 10.9. The van der Waals surface area contributed by atoms with Crippen molar-refractivity contribution >= 4 is 33.3 Å². The van der Waals surface area contributed by atoms with Gasteiger partial charge in [-0.25, -0.2) is 0 Å². The Balaban J connectivity index is 1.85. The van der Waals surface area contributed by atoms with Gasteiger partial charge < -0.3 is 0 Å². The predicted molar refractivity (Wildman–Crippen MR) is 81.7 cm³/mol. The van der Waals surface area contributed by atoms with Gasteiger partial charge in [0.05, 0.1) is 5.88 Å². The minimum Gasteiger partial charge on any atom is -0.298 e. The molecule has 3 saturated carbocycles. The number of halogens is 2. The van der Waals surface area contributed by atoms with Crippen LogP contribution in [0.4, 0.5) is 0 Å². The molecule has 0 saturated heterocycles. The Kier molecular flexibility index (Phi) is 3.51. The van der Waals surface area contributed by atoms with Gasteiger partial charge in [0.2, 0.25) is 0 Å². The average Bonchev–Trinajstić information content (AvgIpc) is 2.49. The highest BCUT2D eigenvalue weighted by Crippen LogP contribution is 2.58. The molecule has 4 rings (SSSR count). The lowest BCUT2D eigenvalue weighted by Crippen LogP contribution is -2.48. The molecule has 0 heterocycles. The van der Waals surface area contributed by atoms with Crippen LogP contribution in [0.15, 0.2) is 28.7 Å². The van der Waals surface area contributed by atoms with Gasteiger partial charge in [0.25, 0.3) is 0 Å². The normalized spacial score (nSPS) is 33.4. The van der Waals surface area contributed by atoms with Crippen LogP contribution in [0.3, 0.4) is 0 Å². The number of ketones is 1. The second-order valence-electron chi connectivity index (χ2n) is 6.12. The molecule has 0 spiro atoms. The lowest BCUT2D eigenvalue weighted by molar-refractivity contribution is -0.132. The molecule has 1 aromatic rings. The van der Waals surface area contributed by atoms with E-state index in [9.17, 15) is 4.79 Å². The molecule has 1 nitrogen and oxygen atoms in total. The summed E-state index contributed by atoms with van der Waals surface area (Å²) in [5, 5.41) is 0. The van der Waals surface area contributed by atoms with Gasteiger partial charge in [-0.15, -0.1) is 11.6 Å². The van der Waals surface area contributed by atoms with Gasteiger partial charge in [0.1, 0.15) is 0 Å². The van der Waals surface area contributed by atoms with Crippen molar-refractivity contribution in [2.24, 2.45) is 5.41 Å². The van der Waals surface area contributed by atoms with Crippen molar-refractivity contribution in [2.75, 3.05) is 5.88 Å². The van der Waals surface area contributed by atoms with E-state index in [4.69, 9.17) is 11.6 Å². The Morgan fingerprint density at radius 3 is 2.05 bits per heavy atom. The molecule has 19 heavy (non-hydrogen) atoms.